The molecule has 0 fully saturated rings. The fourth-order valence-electron chi connectivity index (χ4n) is 7.09. The molecule has 0 saturated heterocycles. The van der Waals surface area contributed by atoms with Gasteiger partial charge in [-0.2, -0.15) is 12.6 Å². The molecular formula is C41H58N4O8S. The molecule has 0 radical (unpaired) electrons. The quantitative estimate of drug-likeness (QED) is 0.0401. The fraction of sp³-hybridized carbons (Fsp3) is 0.585. The Morgan fingerprint density at radius 2 is 1.44 bits per heavy atom. The van der Waals surface area contributed by atoms with Gasteiger partial charge in [-0.05, 0) is 62.3 Å². The van der Waals surface area contributed by atoms with Crippen molar-refractivity contribution in [3.05, 3.63) is 69.8 Å². The number of carbonyl (C=O) groups excluding carboxylic acids is 3. The summed E-state index contributed by atoms with van der Waals surface area (Å²) < 4.78 is 17.8. The zero-order valence-corrected chi connectivity index (χ0v) is 32.8. The molecule has 1 atom stereocenters. The number of hydrogen-bond acceptors (Lipinski definition) is 10. The Hall–Kier alpha value is -3.94. The number of non-ortho nitro benzene ring substituents is 1. The lowest BCUT2D eigenvalue weighted by Crippen LogP contribution is -2.59. The molecule has 0 aliphatic carbocycles. The summed E-state index contributed by atoms with van der Waals surface area (Å²) in [7, 11) is 0. The van der Waals surface area contributed by atoms with Crippen LogP contribution in [0.2, 0.25) is 0 Å². The Morgan fingerprint density at radius 3 is 2.11 bits per heavy atom. The van der Waals surface area contributed by atoms with E-state index in [9.17, 15) is 24.5 Å². The number of thiol groups is 1. The molecule has 2 N–H and O–H groups in total. The number of nitro benzene ring substituents is 1. The number of unbranched alkanes of at least 4 members (excludes halogenated alkanes) is 7. The van der Waals surface area contributed by atoms with Gasteiger partial charge in [0.1, 0.15) is 11.5 Å². The minimum atomic E-state index is -0.955. The molecule has 2 amide bonds. The van der Waals surface area contributed by atoms with Crippen molar-refractivity contribution in [2.45, 2.75) is 102 Å². The number of fused-ring (bicyclic) bond motifs is 2. The van der Waals surface area contributed by atoms with Crippen LogP contribution in [0, 0.1) is 10.1 Å². The molecule has 13 heteroatoms. The number of carbonyl (C=O) groups is 3. The van der Waals surface area contributed by atoms with Crippen LogP contribution in [-0.2, 0) is 29.3 Å². The molecule has 0 bridgehead atoms. The summed E-state index contributed by atoms with van der Waals surface area (Å²) in [4.78, 5) is 50.5. The van der Waals surface area contributed by atoms with Crippen molar-refractivity contribution >= 4 is 47.7 Å². The number of ketones is 1. The van der Waals surface area contributed by atoms with Gasteiger partial charge in [-0.1, -0.05) is 56.7 Å². The molecule has 54 heavy (non-hydrogen) atoms. The summed E-state index contributed by atoms with van der Waals surface area (Å²) in [5.41, 5.74) is 1.17. The first kappa shape index (κ1) is 42.8. The lowest BCUT2D eigenvalue weighted by atomic mass is 9.76. The highest BCUT2D eigenvalue weighted by molar-refractivity contribution is 7.80. The van der Waals surface area contributed by atoms with Crippen LogP contribution in [0.15, 0.2) is 48.5 Å². The number of para-hydroxylation sites is 1. The number of amides is 2. The van der Waals surface area contributed by atoms with Gasteiger partial charge in [-0.15, -0.1) is 0 Å². The standard InChI is InChI=1S/C41H58N4O8S/c1-40(2)35-13-10-11-14-36(35)44(41(40)22-20-32-31-33(45(49)50)16-18-37(32)53-41)25-21-34(46)17-19-39(48)43-24-27-52-29-28-51-26-23-42-38(47)15-9-7-5-3-4-6-8-12-30-54/h10-11,13-14,16,18,20,22,31,54H,3-9,12,15,17,19,21,23-30H2,1-2H3,(H,42,47)(H,43,48). The van der Waals surface area contributed by atoms with Crippen LogP contribution in [0.4, 0.5) is 11.4 Å². The van der Waals surface area contributed by atoms with Gasteiger partial charge in [-0.25, -0.2) is 0 Å². The fourth-order valence-corrected chi connectivity index (χ4v) is 7.31. The lowest BCUT2D eigenvalue weighted by molar-refractivity contribution is -0.384. The normalized spacial score (nSPS) is 16.5. The van der Waals surface area contributed by atoms with E-state index in [1.165, 1.54) is 50.7 Å². The van der Waals surface area contributed by atoms with Gasteiger partial charge in [0.25, 0.3) is 5.69 Å². The van der Waals surface area contributed by atoms with Gasteiger partial charge in [0.2, 0.25) is 17.5 Å². The SMILES string of the molecule is CC1(C)c2ccccc2N(CCC(=O)CCC(=O)NCCOCCOCCNC(=O)CCCCCCCCCCS)C12C=Cc1cc([N+](=O)[O-])ccc1O2. The molecule has 1 spiro atoms. The highest BCUT2D eigenvalue weighted by atomic mass is 32.1. The second-order valence-corrected chi connectivity index (χ2v) is 14.9. The molecule has 2 aliphatic heterocycles. The van der Waals surface area contributed by atoms with E-state index in [-0.39, 0.29) is 42.5 Å². The predicted octanol–water partition coefficient (Wildman–Crippen LogP) is 6.94. The highest BCUT2D eigenvalue weighted by Crippen LogP contribution is 2.55. The Bertz CT molecular complexity index is 1580. The lowest BCUT2D eigenvalue weighted by Gasteiger charge is -2.47. The van der Waals surface area contributed by atoms with E-state index in [1.807, 2.05) is 30.4 Å². The summed E-state index contributed by atoms with van der Waals surface area (Å²) in [6.07, 6.45) is 14.2. The van der Waals surface area contributed by atoms with E-state index in [0.717, 1.165) is 29.8 Å². The van der Waals surface area contributed by atoms with Gasteiger partial charge < -0.3 is 29.7 Å². The van der Waals surface area contributed by atoms with Crippen molar-refractivity contribution in [3.63, 3.8) is 0 Å². The molecule has 0 saturated carbocycles. The number of nitrogens with one attached hydrogen (secondary N) is 2. The first-order chi connectivity index (χ1) is 26.1. The van der Waals surface area contributed by atoms with Gasteiger partial charge in [0.05, 0.1) is 36.8 Å². The zero-order chi connectivity index (χ0) is 38.8. The number of nitrogens with zero attached hydrogens (tertiary/aromatic N) is 2. The average molecular weight is 767 g/mol. The summed E-state index contributed by atoms with van der Waals surface area (Å²) in [6.45, 7) is 6.86. The number of anilines is 1. The molecule has 2 aromatic rings. The van der Waals surface area contributed by atoms with E-state index in [1.54, 1.807) is 6.07 Å². The van der Waals surface area contributed by atoms with Crippen LogP contribution in [0.5, 0.6) is 5.75 Å². The summed E-state index contributed by atoms with van der Waals surface area (Å²) >= 11 is 4.24. The summed E-state index contributed by atoms with van der Waals surface area (Å²) in [6, 6.07) is 12.6. The zero-order valence-electron chi connectivity index (χ0n) is 31.9. The minimum Gasteiger partial charge on any atom is -0.463 e. The van der Waals surface area contributed by atoms with E-state index < -0.39 is 16.1 Å². The monoisotopic (exact) mass is 766 g/mol. The smallest absolute Gasteiger partial charge is 0.270 e. The van der Waals surface area contributed by atoms with Crippen molar-refractivity contribution in [3.8, 4) is 5.75 Å². The number of benzene rings is 2. The van der Waals surface area contributed by atoms with Gasteiger partial charge in [0.15, 0.2) is 0 Å². The minimum absolute atomic E-state index is 0.0107. The van der Waals surface area contributed by atoms with Crippen molar-refractivity contribution in [1.29, 1.82) is 0 Å². The molecule has 1 unspecified atom stereocenters. The second kappa shape index (κ2) is 21.8. The van der Waals surface area contributed by atoms with Gasteiger partial charge in [0, 0.05) is 68.7 Å². The first-order valence-electron chi connectivity index (χ1n) is 19.4. The number of ether oxygens (including phenoxy) is 3. The van der Waals surface area contributed by atoms with Crippen LogP contribution in [0.3, 0.4) is 0 Å². The number of nitro groups is 1. The van der Waals surface area contributed by atoms with E-state index >= 15 is 0 Å². The largest absolute Gasteiger partial charge is 0.463 e. The van der Waals surface area contributed by atoms with Crippen LogP contribution in [-0.4, -0.2) is 80.1 Å². The van der Waals surface area contributed by atoms with Crippen LogP contribution in [0.1, 0.15) is 102 Å². The molecule has 2 heterocycles. The van der Waals surface area contributed by atoms with E-state index in [2.05, 4.69) is 48.1 Å². The maximum Gasteiger partial charge on any atom is 0.270 e. The molecule has 0 aromatic heterocycles. The van der Waals surface area contributed by atoms with E-state index in [4.69, 9.17) is 14.2 Å². The molecule has 12 nitrogen and oxygen atoms in total. The predicted molar refractivity (Wildman–Crippen MR) is 214 cm³/mol. The van der Waals surface area contributed by atoms with Gasteiger partial charge in [-0.3, -0.25) is 24.5 Å². The molecular weight excluding hydrogens is 709 g/mol. The third-order valence-electron chi connectivity index (χ3n) is 10.2. The molecule has 2 aliphatic rings. The highest BCUT2D eigenvalue weighted by Gasteiger charge is 2.58. The average Bonchev–Trinajstić information content (AvgIpc) is 3.34. The van der Waals surface area contributed by atoms with Crippen molar-refractivity contribution in [2.24, 2.45) is 0 Å². The van der Waals surface area contributed by atoms with Crippen LogP contribution >= 0.6 is 12.6 Å². The maximum absolute atomic E-state index is 13.0. The first-order valence-corrected chi connectivity index (χ1v) is 20.1. The van der Waals surface area contributed by atoms with Crippen LogP contribution in [0.25, 0.3) is 6.08 Å². The summed E-state index contributed by atoms with van der Waals surface area (Å²) in [5, 5.41) is 17.0. The summed E-state index contributed by atoms with van der Waals surface area (Å²) in [5.74, 6) is 1.31. The van der Waals surface area contributed by atoms with Crippen LogP contribution < -0.4 is 20.3 Å². The van der Waals surface area contributed by atoms with Crippen molar-refractivity contribution < 1.29 is 33.5 Å². The van der Waals surface area contributed by atoms with Crippen molar-refractivity contribution in [1.82, 2.24) is 10.6 Å². The molecule has 296 valence electrons. The Labute approximate surface area is 325 Å². The third kappa shape index (κ3) is 12.0. The maximum atomic E-state index is 13.0. The number of rotatable bonds is 26. The van der Waals surface area contributed by atoms with Gasteiger partial charge >= 0.3 is 0 Å². The topological polar surface area (TPSA) is 149 Å². The van der Waals surface area contributed by atoms with E-state index in [0.29, 0.717) is 63.8 Å². The molecule has 2 aromatic carbocycles. The Morgan fingerprint density at radius 1 is 0.815 bits per heavy atom. The third-order valence-corrected chi connectivity index (χ3v) is 10.5. The Balaban J connectivity index is 1.07. The van der Waals surface area contributed by atoms with Crippen molar-refractivity contribution in [2.75, 3.05) is 56.7 Å². The molecule has 4 rings (SSSR count). The Kier molecular flexibility index (Phi) is 17.3. The number of hydrogen-bond donors (Lipinski definition) is 3. The number of Topliss-reactive ketones (excluding diaryl/α,β-unsaturated/α-hetero) is 1. The second-order valence-electron chi connectivity index (χ2n) is 14.4.